The topological polar surface area (TPSA) is 72.0 Å². The molecule has 0 bridgehead atoms. The summed E-state index contributed by atoms with van der Waals surface area (Å²) in [5.74, 6) is 0.144. The summed E-state index contributed by atoms with van der Waals surface area (Å²) in [4.78, 5) is 33.8. The number of morpholine rings is 1. The molecule has 1 unspecified atom stereocenters. The van der Waals surface area contributed by atoms with E-state index >= 15 is 0 Å². The van der Waals surface area contributed by atoms with E-state index in [1.807, 2.05) is 40.1 Å². The van der Waals surface area contributed by atoms with E-state index in [1.54, 1.807) is 0 Å². The van der Waals surface area contributed by atoms with Gasteiger partial charge in [-0.1, -0.05) is 18.2 Å². The van der Waals surface area contributed by atoms with Gasteiger partial charge in [0.15, 0.2) is 0 Å². The van der Waals surface area contributed by atoms with Crippen LogP contribution in [0.1, 0.15) is 28.4 Å². The molecule has 3 heterocycles. The Labute approximate surface area is 164 Å². The fraction of sp³-hybridized carbons (Fsp3) is 0.476. The van der Waals surface area contributed by atoms with Crippen LogP contribution in [0, 0.1) is 0 Å². The molecule has 1 atom stereocenters. The molecule has 0 spiro atoms. The highest BCUT2D eigenvalue weighted by molar-refractivity contribution is 6.06. The van der Waals surface area contributed by atoms with Crippen LogP contribution in [0.4, 0.5) is 0 Å². The molecule has 1 aromatic heterocycles. The summed E-state index contributed by atoms with van der Waals surface area (Å²) in [6, 6.07) is 9.68. The Kier molecular flexibility index (Phi) is 5.54. The Morgan fingerprint density at radius 3 is 2.75 bits per heavy atom. The van der Waals surface area contributed by atoms with Crippen LogP contribution >= 0.6 is 0 Å². The molecule has 0 N–H and O–H groups in total. The Morgan fingerprint density at radius 2 is 1.96 bits per heavy atom. The number of aromatic nitrogens is 1. The third kappa shape index (κ3) is 3.72. The predicted octanol–water partition coefficient (Wildman–Crippen LogP) is 1.67. The summed E-state index contributed by atoms with van der Waals surface area (Å²) in [6.45, 7) is 3.74. The van der Waals surface area contributed by atoms with Crippen molar-refractivity contribution in [3.8, 4) is 0 Å². The molecule has 2 fully saturated rings. The van der Waals surface area contributed by atoms with Gasteiger partial charge in [0.25, 0.3) is 5.91 Å². The van der Waals surface area contributed by atoms with Crippen molar-refractivity contribution in [1.29, 1.82) is 0 Å². The van der Waals surface area contributed by atoms with Gasteiger partial charge < -0.3 is 19.3 Å². The molecule has 7 nitrogen and oxygen atoms in total. The predicted molar refractivity (Wildman–Crippen MR) is 104 cm³/mol. The van der Waals surface area contributed by atoms with E-state index in [9.17, 15) is 9.59 Å². The molecule has 7 heteroatoms. The minimum absolute atomic E-state index is 0.00425. The zero-order valence-corrected chi connectivity index (χ0v) is 16.1. The van der Waals surface area contributed by atoms with Gasteiger partial charge in [-0.2, -0.15) is 0 Å². The minimum Gasteiger partial charge on any atom is -0.378 e. The lowest BCUT2D eigenvalue weighted by Gasteiger charge is -2.27. The standard InChI is InChI=1S/C21H25N3O4/c1-27-14-20(25)24-7-6-15(13-24)19-12-17(16-4-2-3-5-18(16)22-19)21(26)23-8-10-28-11-9-23/h2-5,12,15H,6-11,13-14H2,1H3. The van der Waals surface area contributed by atoms with Crippen molar-refractivity contribution in [2.24, 2.45) is 0 Å². The number of carbonyl (C=O) groups excluding carboxylic acids is 2. The van der Waals surface area contributed by atoms with Crippen molar-refractivity contribution in [1.82, 2.24) is 14.8 Å². The lowest BCUT2D eigenvalue weighted by molar-refractivity contribution is -0.134. The zero-order chi connectivity index (χ0) is 19.5. The average molecular weight is 383 g/mol. The first-order valence-electron chi connectivity index (χ1n) is 9.71. The normalized spacial score (nSPS) is 20.0. The van der Waals surface area contributed by atoms with Crippen LogP contribution in [-0.2, 0) is 14.3 Å². The minimum atomic E-state index is -0.00425. The number of benzene rings is 1. The highest BCUT2D eigenvalue weighted by atomic mass is 16.5. The summed E-state index contributed by atoms with van der Waals surface area (Å²) < 4.78 is 10.3. The summed E-state index contributed by atoms with van der Waals surface area (Å²) in [6.07, 6.45) is 0.839. The fourth-order valence-electron chi connectivity index (χ4n) is 3.96. The highest BCUT2D eigenvalue weighted by Crippen LogP contribution is 2.30. The second-order valence-corrected chi connectivity index (χ2v) is 7.27. The first kappa shape index (κ1) is 18.8. The maximum Gasteiger partial charge on any atom is 0.254 e. The molecule has 2 amide bonds. The third-order valence-electron chi connectivity index (χ3n) is 5.49. The number of hydrogen-bond acceptors (Lipinski definition) is 5. The highest BCUT2D eigenvalue weighted by Gasteiger charge is 2.30. The summed E-state index contributed by atoms with van der Waals surface area (Å²) >= 11 is 0. The number of ether oxygens (including phenoxy) is 2. The van der Waals surface area contributed by atoms with Crippen LogP contribution in [0.5, 0.6) is 0 Å². The number of fused-ring (bicyclic) bond motifs is 1. The quantitative estimate of drug-likeness (QED) is 0.803. The van der Waals surface area contributed by atoms with Crippen molar-refractivity contribution < 1.29 is 19.1 Å². The number of carbonyl (C=O) groups is 2. The van der Waals surface area contributed by atoms with E-state index < -0.39 is 0 Å². The van der Waals surface area contributed by atoms with Crippen LogP contribution in [0.15, 0.2) is 30.3 Å². The van der Waals surface area contributed by atoms with Gasteiger partial charge in [0, 0.05) is 50.3 Å². The van der Waals surface area contributed by atoms with Crippen molar-refractivity contribution >= 4 is 22.7 Å². The molecule has 0 saturated carbocycles. The monoisotopic (exact) mass is 383 g/mol. The van der Waals surface area contributed by atoms with Gasteiger partial charge >= 0.3 is 0 Å². The largest absolute Gasteiger partial charge is 0.378 e. The molecule has 28 heavy (non-hydrogen) atoms. The van der Waals surface area contributed by atoms with E-state index in [1.165, 1.54) is 7.11 Å². The fourth-order valence-corrected chi connectivity index (χ4v) is 3.96. The smallest absolute Gasteiger partial charge is 0.254 e. The Hall–Kier alpha value is -2.51. The first-order valence-corrected chi connectivity index (χ1v) is 9.71. The summed E-state index contributed by atoms with van der Waals surface area (Å²) in [5, 5.41) is 0.869. The molecular weight excluding hydrogens is 358 g/mol. The second kappa shape index (κ2) is 8.24. The summed E-state index contributed by atoms with van der Waals surface area (Å²) in [5.41, 5.74) is 2.38. The van der Waals surface area contributed by atoms with Gasteiger partial charge in [-0.15, -0.1) is 0 Å². The number of nitrogens with zero attached hydrogens (tertiary/aromatic N) is 3. The van der Waals surface area contributed by atoms with Crippen LogP contribution < -0.4 is 0 Å². The van der Waals surface area contributed by atoms with Gasteiger partial charge in [-0.05, 0) is 18.6 Å². The van der Waals surface area contributed by atoms with E-state index in [0.29, 0.717) is 45.0 Å². The first-order chi connectivity index (χ1) is 13.7. The Morgan fingerprint density at radius 1 is 1.18 bits per heavy atom. The van der Waals surface area contributed by atoms with Gasteiger partial charge in [0.2, 0.25) is 5.91 Å². The molecular formula is C21H25N3O4. The van der Waals surface area contributed by atoms with Crippen molar-refractivity contribution in [2.75, 3.05) is 53.1 Å². The van der Waals surface area contributed by atoms with Crippen molar-refractivity contribution in [3.05, 3.63) is 41.6 Å². The van der Waals surface area contributed by atoms with Gasteiger partial charge in [0.1, 0.15) is 6.61 Å². The van der Waals surface area contributed by atoms with E-state index in [0.717, 1.165) is 23.0 Å². The van der Waals surface area contributed by atoms with Crippen LogP contribution in [0.25, 0.3) is 10.9 Å². The molecule has 2 aliphatic heterocycles. The van der Waals surface area contributed by atoms with Crippen LogP contribution in [0.2, 0.25) is 0 Å². The number of para-hydroxylation sites is 1. The number of pyridine rings is 1. The second-order valence-electron chi connectivity index (χ2n) is 7.27. The molecule has 0 aliphatic carbocycles. The van der Waals surface area contributed by atoms with E-state index in [4.69, 9.17) is 14.5 Å². The van der Waals surface area contributed by atoms with Crippen LogP contribution in [0.3, 0.4) is 0 Å². The molecule has 2 aliphatic rings. The molecule has 1 aromatic carbocycles. The average Bonchev–Trinajstić information content (AvgIpc) is 3.24. The lowest BCUT2D eigenvalue weighted by Crippen LogP contribution is -2.40. The number of rotatable bonds is 4. The zero-order valence-electron chi connectivity index (χ0n) is 16.1. The molecule has 2 saturated heterocycles. The van der Waals surface area contributed by atoms with Gasteiger partial charge in [-0.25, -0.2) is 0 Å². The summed E-state index contributed by atoms with van der Waals surface area (Å²) in [7, 11) is 1.53. The molecule has 0 radical (unpaired) electrons. The van der Waals surface area contributed by atoms with E-state index in [2.05, 4.69) is 0 Å². The molecule has 2 aromatic rings. The number of methoxy groups -OCH3 is 1. The van der Waals surface area contributed by atoms with E-state index in [-0.39, 0.29) is 24.3 Å². The Balaban J connectivity index is 1.65. The van der Waals surface area contributed by atoms with Crippen molar-refractivity contribution in [3.63, 3.8) is 0 Å². The number of likely N-dealkylation sites (tertiary alicyclic amines) is 1. The maximum atomic E-state index is 13.2. The van der Waals surface area contributed by atoms with Gasteiger partial charge in [0.05, 0.1) is 24.3 Å². The SMILES string of the molecule is COCC(=O)N1CCC(c2cc(C(=O)N3CCOCC3)c3ccccc3n2)C1. The van der Waals surface area contributed by atoms with Crippen LogP contribution in [-0.4, -0.2) is 79.7 Å². The van der Waals surface area contributed by atoms with Crippen molar-refractivity contribution in [2.45, 2.75) is 12.3 Å². The number of amides is 2. The maximum absolute atomic E-state index is 13.2. The number of hydrogen-bond donors (Lipinski definition) is 0. The third-order valence-corrected chi connectivity index (χ3v) is 5.49. The lowest BCUT2D eigenvalue weighted by atomic mass is 9.99. The molecule has 148 valence electrons. The molecule has 4 rings (SSSR count). The Bertz CT molecular complexity index is 879. The van der Waals surface area contributed by atoms with Gasteiger partial charge in [-0.3, -0.25) is 14.6 Å².